The third kappa shape index (κ3) is 4.34. The third-order valence-electron chi connectivity index (χ3n) is 2.56. The molecular weight excluding hydrogens is 182 g/mol. The topological polar surface area (TPSA) is 23.5 Å². The summed E-state index contributed by atoms with van der Waals surface area (Å²) < 4.78 is 0. The Kier molecular flexibility index (Phi) is 5.83. The van der Waals surface area contributed by atoms with E-state index >= 15 is 0 Å². The molecule has 0 aromatic rings. The number of nitrogens with zero attached hydrogens (tertiary/aromatic N) is 1. The molecule has 0 saturated carbocycles. The van der Waals surface area contributed by atoms with Crippen molar-refractivity contribution in [3.05, 3.63) is 0 Å². The molecule has 2 nitrogen and oxygen atoms in total. The number of unbranched alkanes of at least 4 members (excludes halogenated alkanes) is 1. The van der Waals surface area contributed by atoms with Gasteiger partial charge in [-0.2, -0.15) is 11.8 Å². The van der Waals surface area contributed by atoms with Gasteiger partial charge in [0, 0.05) is 30.7 Å². The van der Waals surface area contributed by atoms with Gasteiger partial charge in [0.05, 0.1) is 0 Å². The van der Waals surface area contributed by atoms with Gasteiger partial charge < -0.3 is 10.0 Å². The van der Waals surface area contributed by atoms with Crippen molar-refractivity contribution in [1.29, 1.82) is 0 Å². The molecule has 0 spiro atoms. The number of rotatable bonds is 5. The molecule has 1 fully saturated rings. The summed E-state index contributed by atoms with van der Waals surface area (Å²) in [6, 6.07) is 0. The number of thioether (sulfide) groups is 1. The van der Waals surface area contributed by atoms with Crippen LogP contribution in [0.1, 0.15) is 26.2 Å². The Balaban J connectivity index is 2.11. The van der Waals surface area contributed by atoms with E-state index in [2.05, 4.69) is 23.6 Å². The molecule has 1 atom stereocenters. The fourth-order valence-corrected chi connectivity index (χ4v) is 2.93. The standard InChI is InChI=1S/C10H21NOS/c1-2-10-9-11(6-8-13-10)5-3-4-7-12/h10,12H,2-9H2,1H3. The Bertz CT molecular complexity index is 132. The van der Waals surface area contributed by atoms with Crippen LogP contribution in [-0.4, -0.2) is 47.3 Å². The molecule has 0 aromatic carbocycles. The first-order chi connectivity index (χ1) is 6.36. The van der Waals surface area contributed by atoms with Crippen LogP contribution in [0.25, 0.3) is 0 Å². The van der Waals surface area contributed by atoms with E-state index in [0.29, 0.717) is 6.61 Å². The summed E-state index contributed by atoms with van der Waals surface area (Å²) in [4.78, 5) is 2.54. The Labute approximate surface area is 85.7 Å². The number of hydrogen-bond acceptors (Lipinski definition) is 3. The molecule has 1 aliphatic heterocycles. The molecule has 1 aliphatic rings. The van der Waals surface area contributed by atoms with E-state index in [1.54, 1.807) is 0 Å². The summed E-state index contributed by atoms with van der Waals surface area (Å²) in [6.07, 6.45) is 3.40. The zero-order chi connectivity index (χ0) is 9.52. The maximum Gasteiger partial charge on any atom is 0.0431 e. The number of aliphatic hydroxyl groups excluding tert-OH is 1. The van der Waals surface area contributed by atoms with Crippen LogP contribution in [0.5, 0.6) is 0 Å². The molecule has 78 valence electrons. The maximum absolute atomic E-state index is 8.67. The minimum atomic E-state index is 0.347. The molecule has 3 heteroatoms. The lowest BCUT2D eigenvalue weighted by Crippen LogP contribution is -2.38. The van der Waals surface area contributed by atoms with Crippen molar-refractivity contribution in [3.63, 3.8) is 0 Å². The Morgan fingerprint density at radius 3 is 3.00 bits per heavy atom. The summed E-state index contributed by atoms with van der Waals surface area (Å²) in [5.74, 6) is 1.29. The molecule has 1 heterocycles. The second-order valence-corrected chi connectivity index (χ2v) is 5.04. The quantitative estimate of drug-likeness (QED) is 0.686. The van der Waals surface area contributed by atoms with Crippen molar-refractivity contribution in [2.75, 3.05) is 32.0 Å². The predicted octanol–water partition coefficient (Wildman–Crippen LogP) is 1.59. The van der Waals surface area contributed by atoms with Gasteiger partial charge in [0.25, 0.3) is 0 Å². The minimum absolute atomic E-state index is 0.347. The molecule has 0 radical (unpaired) electrons. The van der Waals surface area contributed by atoms with Gasteiger partial charge >= 0.3 is 0 Å². The normalized spacial score (nSPS) is 24.9. The first-order valence-electron chi connectivity index (χ1n) is 5.31. The third-order valence-corrected chi connectivity index (χ3v) is 3.93. The van der Waals surface area contributed by atoms with Crippen LogP contribution < -0.4 is 0 Å². The van der Waals surface area contributed by atoms with E-state index in [-0.39, 0.29) is 0 Å². The monoisotopic (exact) mass is 203 g/mol. The lowest BCUT2D eigenvalue weighted by atomic mass is 10.2. The fraction of sp³-hybridized carbons (Fsp3) is 1.00. The van der Waals surface area contributed by atoms with Gasteiger partial charge in [0.2, 0.25) is 0 Å². The summed E-state index contributed by atoms with van der Waals surface area (Å²) >= 11 is 2.12. The Morgan fingerprint density at radius 2 is 2.31 bits per heavy atom. The number of hydrogen-bond donors (Lipinski definition) is 1. The summed E-state index contributed by atoms with van der Waals surface area (Å²) in [7, 11) is 0. The van der Waals surface area contributed by atoms with Gasteiger partial charge in [-0.1, -0.05) is 6.92 Å². The number of aliphatic hydroxyl groups is 1. The van der Waals surface area contributed by atoms with Crippen LogP contribution in [0, 0.1) is 0 Å². The summed E-state index contributed by atoms with van der Waals surface area (Å²) in [6.45, 7) is 6.30. The van der Waals surface area contributed by atoms with Crippen molar-refractivity contribution in [1.82, 2.24) is 4.90 Å². The lowest BCUT2D eigenvalue weighted by molar-refractivity contribution is 0.245. The smallest absolute Gasteiger partial charge is 0.0431 e. The molecule has 13 heavy (non-hydrogen) atoms. The largest absolute Gasteiger partial charge is 0.396 e. The van der Waals surface area contributed by atoms with Crippen LogP contribution in [-0.2, 0) is 0 Å². The van der Waals surface area contributed by atoms with Crippen molar-refractivity contribution in [2.24, 2.45) is 0 Å². The van der Waals surface area contributed by atoms with E-state index in [1.165, 1.54) is 31.8 Å². The van der Waals surface area contributed by atoms with Crippen LogP contribution in [0.3, 0.4) is 0 Å². The maximum atomic E-state index is 8.67. The highest BCUT2D eigenvalue weighted by Crippen LogP contribution is 2.20. The molecule has 0 amide bonds. The Hall–Kier alpha value is 0.270. The fourth-order valence-electron chi connectivity index (χ4n) is 1.68. The summed E-state index contributed by atoms with van der Waals surface area (Å²) in [5, 5.41) is 9.52. The molecule has 0 bridgehead atoms. The van der Waals surface area contributed by atoms with Crippen molar-refractivity contribution in [3.8, 4) is 0 Å². The lowest BCUT2D eigenvalue weighted by Gasteiger charge is -2.31. The van der Waals surface area contributed by atoms with Gasteiger partial charge in [-0.3, -0.25) is 0 Å². The average Bonchev–Trinajstić information content (AvgIpc) is 2.19. The highest BCUT2D eigenvalue weighted by Gasteiger charge is 2.17. The highest BCUT2D eigenvalue weighted by atomic mass is 32.2. The molecule has 1 unspecified atom stereocenters. The minimum Gasteiger partial charge on any atom is -0.396 e. The van der Waals surface area contributed by atoms with Gasteiger partial charge in [-0.05, 0) is 25.8 Å². The second kappa shape index (κ2) is 6.68. The van der Waals surface area contributed by atoms with E-state index in [4.69, 9.17) is 5.11 Å². The SMILES string of the molecule is CCC1CN(CCCCO)CCS1. The van der Waals surface area contributed by atoms with Gasteiger partial charge in [0.1, 0.15) is 0 Å². The Morgan fingerprint density at radius 1 is 1.46 bits per heavy atom. The second-order valence-electron chi connectivity index (χ2n) is 3.63. The molecule has 1 rings (SSSR count). The van der Waals surface area contributed by atoms with E-state index in [1.807, 2.05) is 0 Å². The first-order valence-corrected chi connectivity index (χ1v) is 6.36. The van der Waals surface area contributed by atoms with Crippen LogP contribution in [0.2, 0.25) is 0 Å². The predicted molar refractivity (Wildman–Crippen MR) is 59.3 cm³/mol. The highest BCUT2D eigenvalue weighted by molar-refractivity contribution is 8.00. The van der Waals surface area contributed by atoms with E-state index < -0.39 is 0 Å². The van der Waals surface area contributed by atoms with E-state index in [9.17, 15) is 0 Å². The molecular formula is C10H21NOS. The molecule has 0 aromatic heterocycles. The van der Waals surface area contributed by atoms with Crippen molar-refractivity contribution < 1.29 is 5.11 Å². The van der Waals surface area contributed by atoms with Crippen LogP contribution >= 0.6 is 11.8 Å². The van der Waals surface area contributed by atoms with Crippen molar-refractivity contribution in [2.45, 2.75) is 31.4 Å². The van der Waals surface area contributed by atoms with Crippen LogP contribution in [0.4, 0.5) is 0 Å². The van der Waals surface area contributed by atoms with E-state index in [0.717, 1.165) is 18.1 Å². The van der Waals surface area contributed by atoms with Gasteiger partial charge in [-0.15, -0.1) is 0 Å². The van der Waals surface area contributed by atoms with Crippen LogP contribution in [0.15, 0.2) is 0 Å². The first kappa shape index (κ1) is 11.3. The zero-order valence-electron chi connectivity index (χ0n) is 8.54. The van der Waals surface area contributed by atoms with Crippen molar-refractivity contribution >= 4 is 11.8 Å². The zero-order valence-corrected chi connectivity index (χ0v) is 9.35. The van der Waals surface area contributed by atoms with Gasteiger partial charge in [0.15, 0.2) is 0 Å². The molecule has 1 saturated heterocycles. The van der Waals surface area contributed by atoms with Gasteiger partial charge in [-0.25, -0.2) is 0 Å². The molecule has 0 aliphatic carbocycles. The summed E-state index contributed by atoms with van der Waals surface area (Å²) in [5.41, 5.74) is 0. The average molecular weight is 203 g/mol. The molecule has 1 N–H and O–H groups in total.